The molecule has 2 aliphatic carbocycles. The predicted molar refractivity (Wildman–Crippen MR) is 163 cm³/mol. The van der Waals surface area contributed by atoms with Crippen LogP contribution < -0.4 is 18.9 Å². The Hall–Kier alpha value is -5.32. The van der Waals surface area contributed by atoms with Gasteiger partial charge in [0.1, 0.15) is 26.4 Å². The lowest BCUT2D eigenvalue weighted by Gasteiger charge is -2.21. The van der Waals surface area contributed by atoms with Gasteiger partial charge in [-0.05, 0) is 24.3 Å². The normalized spacial score (nSPS) is 16.7. The van der Waals surface area contributed by atoms with Crippen LogP contribution in [0.1, 0.15) is 63.7 Å². The van der Waals surface area contributed by atoms with Crippen LogP contribution in [0.3, 0.4) is 0 Å². The smallest absolute Gasteiger partial charge is 0.194 e. The van der Waals surface area contributed by atoms with Crippen molar-refractivity contribution in [3.8, 4) is 23.0 Å². The van der Waals surface area contributed by atoms with Gasteiger partial charge in [0.05, 0.1) is 26.4 Å². The van der Waals surface area contributed by atoms with Crippen LogP contribution in [0.5, 0.6) is 23.0 Å². The maximum absolute atomic E-state index is 13.2. The molecule has 232 valence electrons. The second-order valence-corrected chi connectivity index (χ2v) is 10.7. The summed E-state index contributed by atoms with van der Waals surface area (Å²) in [5.41, 5.74) is 2.40. The number of ether oxygens (including phenoxy) is 6. The minimum Gasteiger partial charge on any atom is -0.487 e. The largest absolute Gasteiger partial charge is 0.487 e. The van der Waals surface area contributed by atoms with Gasteiger partial charge in [-0.15, -0.1) is 0 Å². The molecule has 0 atom stereocenters. The Kier molecular flexibility index (Phi) is 8.04. The molecule has 3 aliphatic rings. The summed E-state index contributed by atoms with van der Waals surface area (Å²) in [6.45, 7) is 1.29. The van der Waals surface area contributed by atoms with Gasteiger partial charge in [0, 0.05) is 44.5 Å². The molecule has 0 saturated carbocycles. The summed E-state index contributed by atoms with van der Waals surface area (Å²) in [7, 11) is 0. The minimum atomic E-state index is -0.260. The fourth-order valence-corrected chi connectivity index (χ4v) is 5.71. The van der Waals surface area contributed by atoms with E-state index in [1.54, 1.807) is 72.8 Å². The number of rotatable bonds is 0. The summed E-state index contributed by atoms with van der Waals surface area (Å²) in [5.74, 6) is 0.195. The highest BCUT2D eigenvalue weighted by Gasteiger charge is 2.32. The molecule has 0 amide bonds. The van der Waals surface area contributed by atoms with Crippen molar-refractivity contribution in [1.29, 1.82) is 0 Å². The Labute approximate surface area is 263 Å². The van der Waals surface area contributed by atoms with Gasteiger partial charge in [0.15, 0.2) is 46.1 Å². The molecule has 0 radical (unpaired) electrons. The van der Waals surface area contributed by atoms with Gasteiger partial charge in [0.25, 0.3) is 0 Å². The van der Waals surface area contributed by atoms with Crippen molar-refractivity contribution in [3.63, 3.8) is 0 Å². The molecule has 0 fully saturated rings. The van der Waals surface area contributed by atoms with Crippen LogP contribution in [-0.2, 0) is 9.47 Å². The molecule has 0 saturated heterocycles. The Bertz CT molecular complexity index is 1620. The van der Waals surface area contributed by atoms with E-state index < -0.39 is 0 Å². The summed E-state index contributed by atoms with van der Waals surface area (Å²) >= 11 is 0. The molecule has 7 rings (SSSR count). The van der Waals surface area contributed by atoms with E-state index in [1.165, 1.54) is 0 Å². The number of carbonyl (C=O) groups is 4. The van der Waals surface area contributed by atoms with Gasteiger partial charge in [-0.1, -0.05) is 48.5 Å². The summed E-state index contributed by atoms with van der Waals surface area (Å²) < 4.78 is 35.2. The van der Waals surface area contributed by atoms with Crippen LogP contribution in [0.2, 0.25) is 0 Å². The van der Waals surface area contributed by atoms with E-state index >= 15 is 0 Å². The second-order valence-electron chi connectivity index (χ2n) is 10.7. The van der Waals surface area contributed by atoms with E-state index in [0.717, 1.165) is 0 Å². The van der Waals surface area contributed by atoms with Gasteiger partial charge in [-0.2, -0.15) is 0 Å². The zero-order valence-corrected chi connectivity index (χ0v) is 24.7. The van der Waals surface area contributed by atoms with E-state index in [9.17, 15) is 19.2 Å². The first kappa shape index (κ1) is 29.4. The molecule has 4 aromatic carbocycles. The first-order valence-electron chi connectivity index (χ1n) is 14.9. The highest BCUT2D eigenvalue weighted by atomic mass is 16.6. The zero-order chi connectivity index (χ0) is 31.6. The summed E-state index contributed by atoms with van der Waals surface area (Å²) in [6, 6.07) is 19.6. The first-order valence-corrected chi connectivity index (χ1v) is 14.9. The number of hydrogen-bond donors (Lipinski definition) is 0. The van der Waals surface area contributed by atoms with E-state index in [4.69, 9.17) is 28.4 Å². The maximum atomic E-state index is 13.2. The molecule has 4 aromatic rings. The van der Waals surface area contributed by atoms with Gasteiger partial charge in [0.2, 0.25) is 0 Å². The molecular formula is C36H28O10. The van der Waals surface area contributed by atoms with Crippen LogP contribution in [0.25, 0.3) is 0 Å². The summed E-state index contributed by atoms with van der Waals surface area (Å²) in [5, 5.41) is 0. The average molecular weight is 621 g/mol. The molecule has 46 heavy (non-hydrogen) atoms. The minimum absolute atomic E-state index is 0.133. The third kappa shape index (κ3) is 5.42. The second kappa shape index (κ2) is 12.6. The lowest BCUT2D eigenvalue weighted by molar-refractivity contribution is 0.0638. The first-order chi connectivity index (χ1) is 22.5. The van der Waals surface area contributed by atoms with Gasteiger partial charge >= 0.3 is 0 Å². The molecule has 0 aromatic heterocycles. The molecule has 0 N–H and O–H groups in total. The van der Waals surface area contributed by atoms with Crippen LogP contribution in [-0.4, -0.2) is 76.0 Å². The Morgan fingerprint density at radius 1 is 0.326 bits per heavy atom. The molecule has 1 heterocycles. The number of benzene rings is 4. The number of fused-ring (bicyclic) bond motifs is 6. The SMILES string of the molecule is O=C1c2ccccc2C(=O)c2cc3c(cc21)OCCOCCOc1cc2c(cc1OCCOCCO3)C(=O)c1ccccc1C2=O. The highest BCUT2D eigenvalue weighted by Crippen LogP contribution is 2.38. The van der Waals surface area contributed by atoms with Crippen LogP contribution >= 0.6 is 0 Å². The Morgan fingerprint density at radius 2 is 0.565 bits per heavy atom. The zero-order valence-electron chi connectivity index (χ0n) is 24.7. The number of ketones is 4. The fraction of sp³-hybridized carbons (Fsp3) is 0.222. The van der Waals surface area contributed by atoms with Gasteiger partial charge in [-0.25, -0.2) is 0 Å². The Morgan fingerprint density at radius 3 is 0.804 bits per heavy atom. The van der Waals surface area contributed by atoms with Crippen molar-refractivity contribution >= 4 is 23.1 Å². The van der Waals surface area contributed by atoms with Crippen LogP contribution in [0.4, 0.5) is 0 Å². The van der Waals surface area contributed by atoms with Crippen molar-refractivity contribution < 1.29 is 47.6 Å². The maximum Gasteiger partial charge on any atom is 0.194 e. The molecule has 10 heteroatoms. The molecule has 0 bridgehead atoms. The topological polar surface area (TPSA) is 124 Å². The van der Waals surface area contributed by atoms with E-state index in [0.29, 0.717) is 45.3 Å². The number of carbonyl (C=O) groups excluding carboxylic acids is 4. The summed E-state index contributed by atoms with van der Waals surface area (Å²) in [4.78, 5) is 52.9. The van der Waals surface area contributed by atoms with Crippen LogP contribution in [0.15, 0.2) is 72.8 Å². The van der Waals surface area contributed by atoms with Crippen molar-refractivity contribution in [2.45, 2.75) is 0 Å². The molecule has 10 nitrogen and oxygen atoms in total. The van der Waals surface area contributed by atoms with Gasteiger partial charge in [-0.3, -0.25) is 19.2 Å². The highest BCUT2D eigenvalue weighted by molar-refractivity contribution is 6.29. The fourth-order valence-electron chi connectivity index (χ4n) is 5.71. The Balaban J connectivity index is 1.08. The molecular weight excluding hydrogens is 592 g/mol. The van der Waals surface area contributed by atoms with Crippen molar-refractivity contribution in [1.82, 2.24) is 0 Å². The van der Waals surface area contributed by atoms with Crippen LogP contribution in [0, 0.1) is 0 Å². The monoisotopic (exact) mass is 620 g/mol. The third-order valence-electron chi connectivity index (χ3n) is 7.92. The molecule has 0 unspecified atom stereocenters. The standard InChI is InChI=1S/C36H28O10/c37-33-21-5-1-2-6-22(21)34(38)26-18-30-29(17-25(26)33)43-13-9-41-11-15-45-31-19-27-28(20-32(31)46-16-12-42-10-14-44-30)36(40)24-8-4-3-7-23(24)35(27)39/h1-8,17-20H,9-16H2. The van der Waals surface area contributed by atoms with Crippen molar-refractivity contribution in [2.24, 2.45) is 0 Å². The third-order valence-corrected chi connectivity index (χ3v) is 7.92. The molecule has 1 aliphatic heterocycles. The quantitative estimate of drug-likeness (QED) is 0.240. The number of hydrogen-bond acceptors (Lipinski definition) is 10. The summed E-state index contributed by atoms with van der Waals surface area (Å²) in [6.07, 6.45) is 0. The molecule has 0 spiro atoms. The predicted octanol–water partition coefficient (Wildman–Crippen LogP) is 4.50. The average Bonchev–Trinajstić information content (AvgIpc) is 3.08. The lowest BCUT2D eigenvalue weighted by atomic mass is 9.84. The van der Waals surface area contributed by atoms with Crippen molar-refractivity contribution in [3.05, 3.63) is 117 Å². The van der Waals surface area contributed by atoms with E-state index in [1.807, 2.05) is 0 Å². The van der Waals surface area contributed by atoms with E-state index in [-0.39, 0.29) is 98.2 Å². The van der Waals surface area contributed by atoms with E-state index in [2.05, 4.69) is 0 Å². The van der Waals surface area contributed by atoms with Crippen molar-refractivity contribution in [2.75, 3.05) is 52.9 Å². The lowest BCUT2D eigenvalue weighted by Crippen LogP contribution is -2.22. The van der Waals surface area contributed by atoms with Gasteiger partial charge < -0.3 is 28.4 Å².